The van der Waals surface area contributed by atoms with Crippen LogP contribution in [0, 0.1) is 6.92 Å². The van der Waals surface area contributed by atoms with E-state index in [2.05, 4.69) is 10.3 Å². The van der Waals surface area contributed by atoms with Crippen molar-refractivity contribution < 1.29 is 4.79 Å². The molecule has 0 aliphatic rings. The van der Waals surface area contributed by atoms with E-state index in [0.29, 0.717) is 6.54 Å². The second-order valence-electron chi connectivity index (χ2n) is 5.04. The number of hydrogen-bond acceptors (Lipinski definition) is 2. The first-order valence-electron chi connectivity index (χ1n) is 6.90. The molecular weight excluding hydrogens is 262 g/mol. The number of aryl methyl sites for hydroxylation is 1. The summed E-state index contributed by atoms with van der Waals surface area (Å²) in [6, 6.07) is 13.6. The second-order valence-corrected chi connectivity index (χ2v) is 5.04. The van der Waals surface area contributed by atoms with Crippen molar-refractivity contribution >= 4 is 16.8 Å². The molecule has 21 heavy (non-hydrogen) atoms. The Labute approximate surface area is 123 Å². The lowest BCUT2D eigenvalue weighted by atomic mass is 10.1. The molecule has 0 saturated heterocycles. The summed E-state index contributed by atoms with van der Waals surface area (Å²) >= 11 is 0. The van der Waals surface area contributed by atoms with E-state index >= 15 is 0 Å². The van der Waals surface area contributed by atoms with Gasteiger partial charge in [0.2, 0.25) is 0 Å². The van der Waals surface area contributed by atoms with Crippen molar-refractivity contribution in [2.45, 2.75) is 13.5 Å². The second kappa shape index (κ2) is 5.40. The summed E-state index contributed by atoms with van der Waals surface area (Å²) in [5, 5.41) is 3.93. The van der Waals surface area contributed by atoms with E-state index in [9.17, 15) is 4.79 Å². The standard InChI is InChI=1S/C17H17N3O/c1-12-16(14-8-3-4-9-15(14)20(12)2)17(21)19-11-13-7-5-6-10-18-13/h3-10H,11H2,1-2H3,(H,19,21). The van der Waals surface area contributed by atoms with Gasteiger partial charge in [-0.15, -0.1) is 0 Å². The molecule has 0 saturated carbocycles. The van der Waals surface area contributed by atoms with Crippen LogP contribution in [-0.4, -0.2) is 15.5 Å². The molecule has 0 radical (unpaired) electrons. The lowest BCUT2D eigenvalue weighted by Crippen LogP contribution is -2.24. The number of aromatic nitrogens is 2. The third kappa shape index (κ3) is 2.40. The van der Waals surface area contributed by atoms with E-state index in [4.69, 9.17) is 0 Å². The minimum Gasteiger partial charge on any atom is -0.347 e. The number of hydrogen-bond donors (Lipinski definition) is 1. The molecule has 0 unspecified atom stereocenters. The summed E-state index contributed by atoms with van der Waals surface area (Å²) < 4.78 is 2.05. The fraction of sp³-hybridized carbons (Fsp3) is 0.176. The zero-order chi connectivity index (χ0) is 14.8. The highest BCUT2D eigenvalue weighted by atomic mass is 16.1. The fourth-order valence-electron chi connectivity index (χ4n) is 2.57. The molecule has 1 amide bonds. The molecule has 106 valence electrons. The molecule has 0 fully saturated rings. The predicted molar refractivity (Wildman–Crippen MR) is 83.1 cm³/mol. The third-order valence-corrected chi connectivity index (χ3v) is 3.78. The average Bonchev–Trinajstić information content (AvgIpc) is 2.78. The highest BCUT2D eigenvalue weighted by Gasteiger charge is 2.17. The van der Waals surface area contributed by atoms with E-state index in [0.717, 1.165) is 27.9 Å². The Morgan fingerprint density at radius 1 is 1.19 bits per heavy atom. The first kappa shape index (κ1) is 13.4. The van der Waals surface area contributed by atoms with Crippen LogP contribution in [0.5, 0.6) is 0 Å². The van der Waals surface area contributed by atoms with Gasteiger partial charge in [-0.3, -0.25) is 9.78 Å². The monoisotopic (exact) mass is 279 g/mol. The Morgan fingerprint density at radius 3 is 2.71 bits per heavy atom. The Kier molecular flexibility index (Phi) is 3.44. The van der Waals surface area contributed by atoms with Gasteiger partial charge in [-0.1, -0.05) is 24.3 Å². The zero-order valence-corrected chi connectivity index (χ0v) is 12.1. The summed E-state index contributed by atoms with van der Waals surface area (Å²) in [5.74, 6) is -0.0602. The van der Waals surface area contributed by atoms with E-state index in [-0.39, 0.29) is 5.91 Å². The fourth-order valence-corrected chi connectivity index (χ4v) is 2.57. The Hall–Kier alpha value is -2.62. The van der Waals surface area contributed by atoms with Crippen molar-refractivity contribution in [1.29, 1.82) is 0 Å². The van der Waals surface area contributed by atoms with Gasteiger partial charge in [-0.05, 0) is 25.1 Å². The summed E-state index contributed by atoms with van der Waals surface area (Å²) in [5.41, 5.74) is 3.63. The minimum absolute atomic E-state index is 0.0602. The van der Waals surface area contributed by atoms with Crippen molar-refractivity contribution in [1.82, 2.24) is 14.9 Å². The Balaban J connectivity index is 1.90. The van der Waals surface area contributed by atoms with Crippen molar-refractivity contribution in [2.75, 3.05) is 0 Å². The number of benzene rings is 1. The maximum atomic E-state index is 12.5. The van der Waals surface area contributed by atoms with Crippen LogP contribution in [0.2, 0.25) is 0 Å². The molecule has 1 aromatic carbocycles. The molecule has 4 heteroatoms. The molecule has 3 rings (SSSR count). The maximum absolute atomic E-state index is 12.5. The number of amides is 1. The smallest absolute Gasteiger partial charge is 0.254 e. The molecule has 0 aliphatic carbocycles. The number of para-hydroxylation sites is 1. The number of nitrogens with zero attached hydrogens (tertiary/aromatic N) is 2. The van der Waals surface area contributed by atoms with Gasteiger partial charge >= 0.3 is 0 Å². The molecule has 0 atom stereocenters. The van der Waals surface area contributed by atoms with Crippen LogP contribution in [0.1, 0.15) is 21.7 Å². The highest BCUT2D eigenvalue weighted by Crippen LogP contribution is 2.24. The van der Waals surface area contributed by atoms with Gasteiger partial charge in [0.25, 0.3) is 5.91 Å². The van der Waals surface area contributed by atoms with Crippen LogP contribution in [0.3, 0.4) is 0 Å². The van der Waals surface area contributed by atoms with Crippen LogP contribution in [0.25, 0.3) is 10.9 Å². The Bertz CT molecular complexity index is 790. The summed E-state index contributed by atoms with van der Waals surface area (Å²) in [4.78, 5) is 16.7. The molecule has 0 bridgehead atoms. The molecule has 0 spiro atoms. The van der Waals surface area contributed by atoms with Gasteiger partial charge in [0.15, 0.2) is 0 Å². The van der Waals surface area contributed by atoms with E-state index in [1.807, 2.05) is 61.0 Å². The number of carbonyl (C=O) groups excluding carboxylic acids is 1. The van der Waals surface area contributed by atoms with Crippen LogP contribution in [0.4, 0.5) is 0 Å². The van der Waals surface area contributed by atoms with Gasteiger partial charge in [0.05, 0.1) is 17.8 Å². The lowest BCUT2D eigenvalue weighted by Gasteiger charge is -2.05. The SMILES string of the molecule is Cc1c(C(=O)NCc2ccccn2)c2ccccc2n1C. The van der Waals surface area contributed by atoms with Gasteiger partial charge in [0, 0.05) is 29.8 Å². The number of fused-ring (bicyclic) bond motifs is 1. The van der Waals surface area contributed by atoms with Gasteiger partial charge in [-0.25, -0.2) is 0 Å². The van der Waals surface area contributed by atoms with Crippen molar-refractivity contribution in [3.8, 4) is 0 Å². The normalized spacial score (nSPS) is 10.8. The molecule has 2 heterocycles. The lowest BCUT2D eigenvalue weighted by molar-refractivity contribution is 0.0951. The number of carbonyl (C=O) groups is 1. The Morgan fingerprint density at radius 2 is 1.95 bits per heavy atom. The number of rotatable bonds is 3. The maximum Gasteiger partial charge on any atom is 0.254 e. The summed E-state index contributed by atoms with van der Waals surface area (Å²) in [7, 11) is 1.98. The molecule has 0 aliphatic heterocycles. The van der Waals surface area contributed by atoms with E-state index in [1.54, 1.807) is 6.20 Å². The molecule has 2 aromatic heterocycles. The number of pyridine rings is 1. The third-order valence-electron chi connectivity index (χ3n) is 3.78. The summed E-state index contributed by atoms with van der Waals surface area (Å²) in [6.07, 6.45) is 1.73. The average molecular weight is 279 g/mol. The molecule has 4 nitrogen and oxygen atoms in total. The molecule has 3 aromatic rings. The first-order chi connectivity index (χ1) is 10.2. The van der Waals surface area contributed by atoms with Crippen LogP contribution in [-0.2, 0) is 13.6 Å². The first-order valence-corrected chi connectivity index (χ1v) is 6.90. The van der Waals surface area contributed by atoms with Gasteiger partial charge < -0.3 is 9.88 Å². The highest BCUT2D eigenvalue weighted by molar-refractivity contribution is 6.08. The topological polar surface area (TPSA) is 46.9 Å². The van der Waals surface area contributed by atoms with Crippen molar-refractivity contribution in [3.05, 3.63) is 65.6 Å². The van der Waals surface area contributed by atoms with Crippen LogP contribution in [0.15, 0.2) is 48.7 Å². The zero-order valence-electron chi connectivity index (χ0n) is 12.1. The predicted octanol–water partition coefficient (Wildman–Crippen LogP) is 2.81. The van der Waals surface area contributed by atoms with Crippen LogP contribution >= 0.6 is 0 Å². The quantitative estimate of drug-likeness (QED) is 0.801. The van der Waals surface area contributed by atoms with Crippen LogP contribution < -0.4 is 5.32 Å². The minimum atomic E-state index is -0.0602. The van der Waals surface area contributed by atoms with E-state index in [1.165, 1.54) is 0 Å². The van der Waals surface area contributed by atoms with Crippen molar-refractivity contribution in [3.63, 3.8) is 0 Å². The number of nitrogens with one attached hydrogen (secondary N) is 1. The van der Waals surface area contributed by atoms with Crippen molar-refractivity contribution in [2.24, 2.45) is 7.05 Å². The largest absolute Gasteiger partial charge is 0.347 e. The molecular formula is C17H17N3O. The van der Waals surface area contributed by atoms with Gasteiger partial charge in [0.1, 0.15) is 0 Å². The molecule has 1 N–H and O–H groups in total. The summed E-state index contributed by atoms with van der Waals surface area (Å²) in [6.45, 7) is 2.40. The van der Waals surface area contributed by atoms with E-state index < -0.39 is 0 Å². The van der Waals surface area contributed by atoms with Gasteiger partial charge in [-0.2, -0.15) is 0 Å².